The van der Waals surface area contributed by atoms with Gasteiger partial charge in [-0.25, -0.2) is 5.43 Å². The summed E-state index contributed by atoms with van der Waals surface area (Å²) in [5.74, 6) is 0.171. The van der Waals surface area contributed by atoms with Gasteiger partial charge in [-0.1, -0.05) is 37.6 Å². The predicted octanol–water partition coefficient (Wildman–Crippen LogP) is 3.97. The molecule has 0 radical (unpaired) electrons. The molecule has 1 aliphatic rings. The van der Waals surface area contributed by atoms with Crippen LogP contribution in [0.4, 0.5) is 13.2 Å². The number of hydrazine groups is 1. The van der Waals surface area contributed by atoms with Crippen molar-refractivity contribution < 1.29 is 22.7 Å². The molecule has 0 spiro atoms. The molecule has 0 aromatic heterocycles. The number of rotatable bonds is 8. The van der Waals surface area contributed by atoms with Gasteiger partial charge in [0, 0.05) is 13.1 Å². The first kappa shape index (κ1) is 22.1. The van der Waals surface area contributed by atoms with E-state index >= 15 is 0 Å². The van der Waals surface area contributed by atoms with E-state index in [9.17, 15) is 18.0 Å². The van der Waals surface area contributed by atoms with Gasteiger partial charge >= 0.3 is 6.18 Å². The number of hydrogen-bond acceptors (Lipinski definition) is 4. The van der Waals surface area contributed by atoms with Crippen LogP contribution in [0.1, 0.15) is 42.5 Å². The van der Waals surface area contributed by atoms with Gasteiger partial charge in [0.1, 0.15) is 5.75 Å². The topological polar surface area (TPSA) is 62.4 Å². The lowest BCUT2D eigenvalue weighted by Gasteiger charge is -2.19. The monoisotopic (exact) mass is 421 g/mol. The summed E-state index contributed by atoms with van der Waals surface area (Å²) in [5, 5.41) is 2.75. The summed E-state index contributed by atoms with van der Waals surface area (Å²) in [6, 6.07) is 12.3. The van der Waals surface area contributed by atoms with Crippen molar-refractivity contribution in [2.24, 2.45) is 5.92 Å². The van der Waals surface area contributed by atoms with E-state index in [1.54, 1.807) is 6.07 Å². The molecule has 2 aromatic carbocycles. The minimum Gasteiger partial charge on any atom is -0.494 e. The zero-order valence-electron chi connectivity index (χ0n) is 16.8. The fraction of sp³-hybridized carbons (Fsp3) is 0.409. The number of hydrogen-bond donors (Lipinski definition) is 3. The second-order valence-electron chi connectivity index (χ2n) is 7.30. The predicted molar refractivity (Wildman–Crippen MR) is 108 cm³/mol. The van der Waals surface area contributed by atoms with Crippen molar-refractivity contribution in [3.8, 4) is 5.75 Å². The number of benzene rings is 2. The van der Waals surface area contributed by atoms with Crippen molar-refractivity contribution in [3.05, 3.63) is 65.2 Å². The highest BCUT2D eigenvalue weighted by atomic mass is 19.4. The van der Waals surface area contributed by atoms with E-state index in [-0.39, 0.29) is 24.4 Å². The van der Waals surface area contributed by atoms with E-state index < -0.39 is 11.7 Å². The fourth-order valence-electron chi connectivity index (χ4n) is 3.34. The van der Waals surface area contributed by atoms with E-state index in [4.69, 9.17) is 4.74 Å². The van der Waals surface area contributed by atoms with Crippen LogP contribution in [0.5, 0.6) is 5.75 Å². The first-order chi connectivity index (χ1) is 14.4. The highest BCUT2D eigenvalue weighted by Gasteiger charge is 2.34. The Balaban J connectivity index is 1.59. The maximum Gasteiger partial charge on any atom is 0.416 e. The lowest BCUT2D eigenvalue weighted by molar-refractivity contribution is -0.137. The van der Waals surface area contributed by atoms with Crippen LogP contribution in [-0.2, 0) is 17.5 Å². The number of nitrogens with one attached hydrogen (secondary N) is 3. The molecule has 30 heavy (non-hydrogen) atoms. The highest BCUT2D eigenvalue weighted by Crippen LogP contribution is 2.30. The molecule has 1 saturated heterocycles. The normalized spacial score (nSPS) is 18.9. The van der Waals surface area contributed by atoms with Gasteiger partial charge in [-0.3, -0.25) is 10.2 Å². The van der Waals surface area contributed by atoms with Crippen LogP contribution in [0.15, 0.2) is 48.5 Å². The van der Waals surface area contributed by atoms with E-state index in [1.165, 1.54) is 6.07 Å². The Labute approximate surface area is 174 Å². The Morgan fingerprint density at radius 2 is 1.97 bits per heavy atom. The molecule has 2 aromatic rings. The minimum atomic E-state index is -4.41. The molecule has 3 N–H and O–H groups in total. The third-order valence-electron chi connectivity index (χ3n) is 5.05. The minimum absolute atomic E-state index is 0.0379. The van der Waals surface area contributed by atoms with Crippen LogP contribution in [0.3, 0.4) is 0 Å². The number of amides is 1. The summed E-state index contributed by atoms with van der Waals surface area (Å²) >= 11 is 0. The number of carbonyl (C=O) groups excluding carboxylic acids is 1. The summed E-state index contributed by atoms with van der Waals surface area (Å²) in [4.78, 5) is 12.7. The van der Waals surface area contributed by atoms with Gasteiger partial charge in [0.05, 0.1) is 24.1 Å². The van der Waals surface area contributed by atoms with Crippen LogP contribution < -0.4 is 20.9 Å². The van der Waals surface area contributed by atoms with Crippen LogP contribution in [0, 0.1) is 5.92 Å². The maximum atomic E-state index is 12.9. The van der Waals surface area contributed by atoms with Crippen molar-refractivity contribution >= 4 is 5.91 Å². The summed E-state index contributed by atoms with van der Waals surface area (Å²) in [6.07, 6.45) is -2.35. The number of unbranched alkanes of at least 4 members (excludes halogenated alkanes) is 1. The first-order valence-corrected chi connectivity index (χ1v) is 10.0. The molecule has 1 heterocycles. The van der Waals surface area contributed by atoms with Gasteiger partial charge in [-0.2, -0.15) is 13.2 Å². The number of halogens is 3. The van der Waals surface area contributed by atoms with Crippen LogP contribution in [-0.4, -0.2) is 19.1 Å². The van der Waals surface area contributed by atoms with E-state index in [0.717, 1.165) is 36.3 Å². The quantitative estimate of drug-likeness (QED) is 0.565. The SMILES string of the molecule is CCCCOc1ccc(C2NNCC2C(=O)NCc2cccc(C(F)(F)F)c2)cc1. The second kappa shape index (κ2) is 9.95. The fourth-order valence-corrected chi connectivity index (χ4v) is 3.34. The molecule has 8 heteroatoms. The lowest BCUT2D eigenvalue weighted by atomic mass is 9.94. The standard InChI is InChI=1S/C22H26F3N3O2/c1-2-3-11-30-18-9-7-16(8-10-18)20-19(14-27-28-20)21(29)26-13-15-5-4-6-17(12-15)22(23,24)25/h4-10,12,19-20,27-28H,2-3,11,13-14H2,1H3,(H,26,29). The zero-order valence-corrected chi connectivity index (χ0v) is 16.8. The van der Waals surface area contributed by atoms with E-state index in [1.807, 2.05) is 24.3 Å². The van der Waals surface area contributed by atoms with Gasteiger partial charge in [0.25, 0.3) is 0 Å². The molecule has 1 amide bonds. The van der Waals surface area contributed by atoms with Gasteiger partial charge in [0.15, 0.2) is 0 Å². The Kier molecular flexibility index (Phi) is 7.33. The maximum absolute atomic E-state index is 12.9. The smallest absolute Gasteiger partial charge is 0.416 e. The Morgan fingerprint density at radius 3 is 2.67 bits per heavy atom. The molecule has 3 rings (SSSR count). The Hall–Kier alpha value is -2.58. The Morgan fingerprint density at radius 1 is 1.20 bits per heavy atom. The van der Waals surface area contributed by atoms with Crippen molar-refractivity contribution in [3.63, 3.8) is 0 Å². The van der Waals surface area contributed by atoms with Crippen molar-refractivity contribution in [1.29, 1.82) is 0 Å². The zero-order chi connectivity index (χ0) is 21.6. The molecule has 1 aliphatic heterocycles. The van der Waals surface area contributed by atoms with Gasteiger partial charge in [-0.05, 0) is 41.8 Å². The van der Waals surface area contributed by atoms with Gasteiger partial charge in [0.2, 0.25) is 5.91 Å². The largest absolute Gasteiger partial charge is 0.494 e. The summed E-state index contributed by atoms with van der Waals surface area (Å²) < 4.78 is 44.2. The molecular formula is C22H26F3N3O2. The summed E-state index contributed by atoms with van der Waals surface area (Å²) in [5.41, 5.74) is 6.71. The van der Waals surface area contributed by atoms with Crippen molar-refractivity contribution in [1.82, 2.24) is 16.2 Å². The number of alkyl halides is 3. The van der Waals surface area contributed by atoms with Crippen molar-refractivity contribution in [2.45, 2.75) is 38.5 Å². The third kappa shape index (κ3) is 5.73. The van der Waals surface area contributed by atoms with Crippen LogP contribution in [0.25, 0.3) is 0 Å². The molecule has 0 saturated carbocycles. The number of carbonyl (C=O) groups is 1. The average Bonchev–Trinajstić information content (AvgIpc) is 3.22. The van der Waals surface area contributed by atoms with Crippen LogP contribution >= 0.6 is 0 Å². The average molecular weight is 421 g/mol. The molecule has 2 atom stereocenters. The molecule has 1 fully saturated rings. The number of ether oxygens (including phenoxy) is 1. The molecule has 0 bridgehead atoms. The van der Waals surface area contributed by atoms with Crippen LogP contribution in [0.2, 0.25) is 0 Å². The molecule has 0 aliphatic carbocycles. The van der Waals surface area contributed by atoms with E-state index in [2.05, 4.69) is 23.1 Å². The summed E-state index contributed by atoms with van der Waals surface area (Å²) in [6.45, 7) is 3.23. The van der Waals surface area contributed by atoms with E-state index in [0.29, 0.717) is 18.7 Å². The Bertz CT molecular complexity index is 840. The highest BCUT2D eigenvalue weighted by molar-refractivity contribution is 5.80. The molecule has 2 unspecified atom stereocenters. The third-order valence-corrected chi connectivity index (χ3v) is 5.05. The van der Waals surface area contributed by atoms with Crippen molar-refractivity contribution in [2.75, 3.05) is 13.2 Å². The lowest BCUT2D eigenvalue weighted by Crippen LogP contribution is -2.34. The first-order valence-electron chi connectivity index (χ1n) is 10.0. The van der Waals surface area contributed by atoms with Gasteiger partial charge in [-0.15, -0.1) is 0 Å². The molecular weight excluding hydrogens is 395 g/mol. The second-order valence-corrected chi connectivity index (χ2v) is 7.30. The summed E-state index contributed by atoms with van der Waals surface area (Å²) in [7, 11) is 0. The van der Waals surface area contributed by atoms with Gasteiger partial charge < -0.3 is 10.1 Å². The molecule has 162 valence electrons. The molecule has 5 nitrogen and oxygen atoms in total.